The van der Waals surface area contributed by atoms with Crippen LogP contribution in [-0.2, 0) is 5.60 Å². The summed E-state index contributed by atoms with van der Waals surface area (Å²) in [5.74, 6) is 0.893. The summed E-state index contributed by atoms with van der Waals surface area (Å²) in [6.45, 7) is 0. The summed E-state index contributed by atoms with van der Waals surface area (Å²) in [6.07, 6.45) is 4.38. The highest BCUT2D eigenvalue weighted by Crippen LogP contribution is 2.45. The van der Waals surface area contributed by atoms with Gasteiger partial charge in [-0.15, -0.1) is 0 Å². The van der Waals surface area contributed by atoms with Gasteiger partial charge >= 0.3 is 0 Å². The molecule has 0 aliphatic carbocycles. The second kappa shape index (κ2) is 6.40. The third kappa shape index (κ3) is 2.60. The number of fused-ring (bicyclic) bond motifs is 3. The molecule has 2 heteroatoms. The molecule has 130 valence electrons. The lowest BCUT2D eigenvalue weighted by Crippen LogP contribution is -2.34. The molecule has 0 radical (unpaired) electrons. The quantitative estimate of drug-likeness (QED) is 0.346. The van der Waals surface area contributed by atoms with Crippen molar-refractivity contribution in [2.45, 2.75) is 5.60 Å². The monoisotopic (exact) mass is 412 g/mol. The van der Waals surface area contributed by atoms with Gasteiger partial charge in [0.1, 0.15) is 5.75 Å². The number of hydrogen-bond acceptors (Lipinski definition) is 1. The van der Waals surface area contributed by atoms with Crippen LogP contribution in [0.2, 0.25) is 0 Å². The lowest BCUT2D eigenvalue weighted by Gasteiger charge is -2.36. The largest absolute Gasteiger partial charge is 0.473 e. The summed E-state index contributed by atoms with van der Waals surface area (Å²) in [5, 5.41) is 2.38. The van der Waals surface area contributed by atoms with Crippen molar-refractivity contribution in [3.05, 3.63) is 118 Å². The second-order valence-electron chi connectivity index (χ2n) is 6.72. The fourth-order valence-corrected chi connectivity index (χ4v) is 4.45. The van der Waals surface area contributed by atoms with Crippen molar-refractivity contribution < 1.29 is 4.74 Å². The molecule has 1 nitrogen and oxygen atoms in total. The van der Waals surface area contributed by atoms with Crippen LogP contribution in [0.4, 0.5) is 0 Å². The fraction of sp³-hybridized carbons (Fsp3) is 0.0400. The molecule has 0 N–H and O–H groups in total. The van der Waals surface area contributed by atoms with Gasteiger partial charge in [0.15, 0.2) is 5.60 Å². The summed E-state index contributed by atoms with van der Waals surface area (Å²) in [5.41, 5.74) is 2.71. The number of hydrogen-bond donors (Lipinski definition) is 0. The van der Waals surface area contributed by atoms with E-state index in [1.807, 2.05) is 12.1 Å². The van der Waals surface area contributed by atoms with Crippen LogP contribution in [0.5, 0.6) is 5.75 Å². The van der Waals surface area contributed by atoms with Crippen molar-refractivity contribution in [1.82, 2.24) is 0 Å². The molecule has 0 fully saturated rings. The van der Waals surface area contributed by atoms with Crippen LogP contribution in [-0.4, -0.2) is 0 Å². The van der Waals surface area contributed by atoms with E-state index >= 15 is 0 Å². The Kier molecular flexibility index (Phi) is 3.87. The van der Waals surface area contributed by atoms with E-state index in [9.17, 15) is 0 Å². The predicted octanol–water partition coefficient (Wildman–Crippen LogP) is 6.95. The van der Waals surface area contributed by atoms with E-state index < -0.39 is 5.60 Å². The molecule has 0 saturated heterocycles. The Labute approximate surface area is 167 Å². The lowest BCUT2D eigenvalue weighted by molar-refractivity contribution is 0.161. The van der Waals surface area contributed by atoms with Crippen LogP contribution in [0.15, 0.2) is 102 Å². The maximum absolute atomic E-state index is 6.75. The number of halogens is 1. The molecule has 0 aromatic heterocycles. The summed E-state index contributed by atoms with van der Waals surface area (Å²) in [6, 6.07) is 31.3. The normalized spacial score (nSPS) is 14.6. The molecule has 0 bridgehead atoms. The van der Waals surface area contributed by atoms with Gasteiger partial charge in [-0.05, 0) is 29.7 Å². The lowest BCUT2D eigenvalue weighted by atomic mass is 9.83. The van der Waals surface area contributed by atoms with Crippen LogP contribution in [0.1, 0.15) is 16.7 Å². The van der Waals surface area contributed by atoms with Gasteiger partial charge in [-0.1, -0.05) is 94.8 Å². The highest BCUT2D eigenvalue weighted by atomic mass is 79.9. The topological polar surface area (TPSA) is 9.23 Å². The first-order valence-corrected chi connectivity index (χ1v) is 9.78. The fourth-order valence-electron chi connectivity index (χ4n) is 3.85. The van der Waals surface area contributed by atoms with Gasteiger partial charge in [-0.2, -0.15) is 0 Å². The van der Waals surface area contributed by atoms with Crippen molar-refractivity contribution in [2.24, 2.45) is 0 Å². The number of ether oxygens (including phenoxy) is 1. The van der Waals surface area contributed by atoms with Crippen LogP contribution < -0.4 is 4.74 Å². The molecule has 0 unspecified atom stereocenters. The van der Waals surface area contributed by atoms with Gasteiger partial charge in [0, 0.05) is 26.5 Å². The average molecular weight is 413 g/mol. The molecular formula is C25H17BrO. The van der Waals surface area contributed by atoms with Crippen molar-refractivity contribution in [2.75, 3.05) is 0 Å². The molecule has 4 aromatic carbocycles. The first-order chi connectivity index (χ1) is 13.3. The zero-order valence-electron chi connectivity index (χ0n) is 14.6. The number of rotatable bonds is 2. The van der Waals surface area contributed by atoms with Gasteiger partial charge in [-0.3, -0.25) is 0 Å². The minimum absolute atomic E-state index is 0.634. The van der Waals surface area contributed by atoms with Gasteiger partial charge in [-0.25, -0.2) is 0 Å². The van der Waals surface area contributed by atoms with Crippen LogP contribution >= 0.6 is 15.9 Å². The predicted molar refractivity (Wildman–Crippen MR) is 115 cm³/mol. The van der Waals surface area contributed by atoms with Crippen LogP contribution in [0, 0.1) is 0 Å². The maximum Gasteiger partial charge on any atom is 0.178 e. The van der Waals surface area contributed by atoms with E-state index in [0.717, 1.165) is 26.9 Å². The van der Waals surface area contributed by atoms with E-state index in [0.29, 0.717) is 0 Å². The van der Waals surface area contributed by atoms with Gasteiger partial charge in [0.05, 0.1) is 0 Å². The summed E-state index contributed by atoms with van der Waals surface area (Å²) >= 11 is 3.70. The zero-order valence-corrected chi connectivity index (χ0v) is 16.2. The molecule has 1 heterocycles. The maximum atomic E-state index is 6.75. The standard InChI is InChI=1S/C25H17BrO/c26-22-13-7-8-18-14-15-23-21(24(18)22)16-17-25(27-23,19-9-3-1-4-10-19)20-11-5-2-6-12-20/h1-17H. The molecule has 4 aromatic rings. The smallest absolute Gasteiger partial charge is 0.178 e. The Morgan fingerprint density at radius 3 is 2.00 bits per heavy atom. The molecule has 5 rings (SSSR count). The minimum Gasteiger partial charge on any atom is -0.473 e. The molecule has 0 amide bonds. The molecule has 1 aliphatic heterocycles. The van der Waals surface area contributed by atoms with E-state index in [1.54, 1.807) is 0 Å². The first-order valence-electron chi connectivity index (χ1n) is 8.98. The summed E-state index contributed by atoms with van der Waals surface area (Å²) in [4.78, 5) is 0. The van der Waals surface area contributed by atoms with E-state index in [1.165, 1.54) is 10.8 Å². The van der Waals surface area contributed by atoms with Crippen molar-refractivity contribution in [3.8, 4) is 5.75 Å². The van der Waals surface area contributed by atoms with E-state index in [4.69, 9.17) is 4.74 Å². The van der Waals surface area contributed by atoms with Crippen LogP contribution in [0.25, 0.3) is 16.8 Å². The van der Waals surface area contributed by atoms with Gasteiger partial charge in [0.25, 0.3) is 0 Å². The number of benzene rings is 4. The van der Waals surface area contributed by atoms with Gasteiger partial charge < -0.3 is 4.74 Å². The Morgan fingerprint density at radius 1 is 0.667 bits per heavy atom. The van der Waals surface area contributed by atoms with E-state index in [2.05, 4.69) is 107 Å². The summed E-state index contributed by atoms with van der Waals surface area (Å²) < 4.78 is 7.83. The third-order valence-electron chi connectivity index (χ3n) is 5.16. The van der Waals surface area contributed by atoms with Gasteiger partial charge in [0.2, 0.25) is 0 Å². The SMILES string of the molecule is Brc1cccc2ccc3c(c12)C=CC(c1ccccc1)(c1ccccc1)O3. The van der Waals surface area contributed by atoms with Crippen molar-refractivity contribution >= 4 is 32.8 Å². The molecule has 0 atom stereocenters. The highest BCUT2D eigenvalue weighted by Gasteiger charge is 2.37. The molecule has 27 heavy (non-hydrogen) atoms. The Balaban J connectivity index is 1.76. The highest BCUT2D eigenvalue weighted by molar-refractivity contribution is 9.10. The Bertz CT molecular complexity index is 1110. The molecular weight excluding hydrogens is 396 g/mol. The Hall–Kier alpha value is -2.84. The van der Waals surface area contributed by atoms with Crippen molar-refractivity contribution in [1.29, 1.82) is 0 Å². The second-order valence-corrected chi connectivity index (χ2v) is 7.57. The average Bonchev–Trinajstić information content (AvgIpc) is 2.74. The van der Waals surface area contributed by atoms with Crippen molar-refractivity contribution in [3.63, 3.8) is 0 Å². The molecule has 0 spiro atoms. The van der Waals surface area contributed by atoms with Crippen LogP contribution in [0.3, 0.4) is 0 Å². The summed E-state index contributed by atoms with van der Waals surface area (Å²) in [7, 11) is 0. The minimum atomic E-state index is -0.634. The molecule has 0 saturated carbocycles. The Morgan fingerprint density at radius 2 is 1.33 bits per heavy atom. The third-order valence-corrected chi connectivity index (χ3v) is 5.82. The van der Waals surface area contributed by atoms with E-state index in [-0.39, 0.29) is 0 Å². The molecule has 1 aliphatic rings. The zero-order chi connectivity index (χ0) is 18.3. The first kappa shape index (κ1) is 16.3.